The zero-order chi connectivity index (χ0) is 23.5. The van der Waals surface area contributed by atoms with E-state index < -0.39 is 10.0 Å². The van der Waals surface area contributed by atoms with Crippen LogP contribution >= 0.6 is 0 Å². The lowest BCUT2D eigenvalue weighted by molar-refractivity contribution is 0.0985. The molecule has 0 N–H and O–H groups in total. The smallest absolute Gasteiger partial charge is 0.258 e. The fourth-order valence-electron chi connectivity index (χ4n) is 4.61. The van der Waals surface area contributed by atoms with E-state index in [2.05, 4.69) is 0 Å². The van der Waals surface area contributed by atoms with Crippen molar-refractivity contribution in [2.75, 3.05) is 24.5 Å². The van der Waals surface area contributed by atoms with Gasteiger partial charge in [0, 0.05) is 30.9 Å². The number of para-hydroxylation sites is 1. The molecule has 0 atom stereocenters. The van der Waals surface area contributed by atoms with Crippen molar-refractivity contribution in [2.45, 2.75) is 37.2 Å². The Labute approximate surface area is 200 Å². The topological polar surface area (TPSA) is 66.9 Å². The van der Waals surface area contributed by atoms with Crippen LogP contribution in [-0.4, -0.2) is 38.3 Å². The molecule has 1 saturated heterocycles. The van der Waals surface area contributed by atoms with Crippen LogP contribution in [-0.2, 0) is 23.1 Å². The van der Waals surface area contributed by atoms with E-state index >= 15 is 0 Å². The van der Waals surface area contributed by atoms with Gasteiger partial charge in [-0.25, -0.2) is 8.42 Å². The van der Waals surface area contributed by atoms with E-state index in [1.807, 2.05) is 54.6 Å². The van der Waals surface area contributed by atoms with Gasteiger partial charge in [-0.2, -0.15) is 4.31 Å². The summed E-state index contributed by atoms with van der Waals surface area (Å²) in [6.45, 7) is 2.20. The number of hydrogen-bond acceptors (Lipinski definition) is 4. The third kappa shape index (κ3) is 4.58. The van der Waals surface area contributed by atoms with Crippen LogP contribution in [0, 0.1) is 0 Å². The number of carbonyl (C=O) groups excluding carboxylic acids is 1. The number of rotatable bonds is 6. The molecule has 0 radical (unpaired) electrons. The molecule has 0 aromatic heterocycles. The number of ether oxygens (including phenoxy) is 1. The molecular formula is C27H28N2O4S. The van der Waals surface area contributed by atoms with Crippen molar-refractivity contribution in [3.05, 3.63) is 89.5 Å². The highest BCUT2D eigenvalue weighted by Crippen LogP contribution is 2.32. The van der Waals surface area contributed by atoms with E-state index in [1.54, 1.807) is 27.4 Å². The molecule has 0 aliphatic carbocycles. The second-order valence-corrected chi connectivity index (χ2v) is 10.7. The lowest BCUT2D eigenvalue weighted by Crippen LogP contribution is -2.35. The van der Waals surface area contributed by atoms with Crippen molar-refractivity contribution >= 4 is 21.6 Å². The molecular weight excluding hydrogens is 448 g/mol. The van der Waals surface area contributed by atoms with Gasteiger partial charge in [0.2, 0.25) is 10.0 Å². The van der Waals surface area contributed by atoms with E-state index in [4.69, 9.17) is 4.74 Å². The maximum atomic E-state index is 13.3. The van der Waals surface area contributed by atoms with Gasteiger partial charge < -0.3 is 9.64 Å². The molecule has 0 spiro atoms. The maximum absolute atomic E-state index is 13.3. The molecule has 34 heavy (non-hydrogen) atoms. The summed E-state index contributed by atoms with van der Waals surface area (Å²) < 4.78 is 33.3. The van der Waals surface area contributed by atoms with Crippen molar-refractivity contribution in [2.24, 2.45) is 0 Å². The number of amides is 1. The summed E-state index contributed by atoms with van der Waals surface area (Å²) in [6.07, 6.45) is 3.38. The number of sulfonamides is 1. The molecule has 3 aromatic carbocycles. The Kier molecular flexibility index (Phi) is 6.39. The third-order valence-corrected chi connectivity index (χ3v) is 8.36. The zero-order valence-electron chi connectivity index (χ0n) is 19.0. The predicted octanol–water partition coefficient (Wildman–Crippen LogP) is 4.64. The van der Waals surface area contributed by atoms with Gasteiger partial charge in [-0.1, -0.05) is 30.3 Å². The summed E-state index contributed by atoms with van der Waals surface area (Å²) in [7, 11) is -3.47. The summed E-state index contributed by atoms with van der Waals surface area (Å²) in [5.41, 5.74) is 3.29. The second kappa shape index (κ2) is 9.60. The molecule has 2 heterocycles. The number of fused-ring (bicyclic) bond motifs is 1. The highest BCUT2D eigenvalue weighted by atomic mass is 32.2. The first-order chi connectivity index (χ1) is 16.5. The number of aryl methyl sites for hydroxylation is 1. The number of hydrogen-bond donors (Lipinski definition) is 0. The van der Waals surface area contributed by atoms with Crippen molar-refractivity contribution in [3.8, 4) is 5.75 Å². The van der Waals surface area contributed by atoms with Crippen LogP contribution in [0.15, 0.2) is 77.7 Å². The first-order valence-corrected chi connectivity index (χ1v) is 13.2. The largest absolute Gasteiger partial charge is 0.489 e. The molecule has 5 rings (SSSR count). The standard InChI is InChI=1S/C27H28N2O4S/c30-27(22-12-10-21(11-13-22)20-33-24-8-2-1-3-9-24)29-18-6-7-23-19-25(14-15-26(23)29)34(31,32)28-16-4-5-17-28/h1-3,8-15,19H,4-7,16-18,20H2. The number of nitrogens with zero attached hydrogens (tertiary/aromatic N) is 2. The molecule has 0 bridgehead atoms. The van der Waals surface area contributed by atoms with Gasteiger partial charge in [-0.05, 0) is 79.3 Å². The van der Waals surface area contributed by atoms with Crippen LogP contribution < -0.4 is 9.64 Å². The van der Waals surface area contributed by atoms with Crippen molar-refractivity contribution < 1.29 is 17.9 Å². The lowest BCUT2D eigenvalue weighted by Gasteiger charge is -2.30. The minimum Gasteiger partial charge on any atom is -0.489 e. The van der Waals surface area contributed by atoms with E-state index in [1.165, 1.54) is 0 Å². The highest BCUT2D eigenvalue weighted by Gasteiger charge is 2.30. The van der Waals surface area contributed by atoms with Gasteiger partial charge in [-0.3, -0.25) is 4.79 Å². The summed E-state index contributed by atoms with van der Waals surface area (Å²) in [6, 6.07) is 22.3. The predicted molar refractivity (Wildman–Crippen MR) is 132 cm³/mol. The van der Waals surface area contributed by atoms with Gasteiger partial charge >= 0.3 is 0 Å². The van der Waals surface area contributed by atoms with Crippen LogP contribution in [0.1, 0.15) is 40.7 Å². The number of anilines is 1. The van der Waals surface area contributed by atoms with Crippen LogP contribution in [0.25, 0.3) is 0 Å². The van der Waals surface area contributed by atoms with Crippen molar-refractivity contribution in [1.29, 1.82) is 0 Å². The first-order valence-electron chi connectivity index (χ1n) is 11.7. The molecule has 1 amide bonds. The number of carbonyl (C=O) groups is 1. The fourth-order valence-corrected chi connectivity index (χ4v) is 6.17. The average Bonchev–Trinajstić information content (AvgIpc) is 3.43. The van der Waals surface area contributed by atoms with E-state index in [0.29, 0.717) is 36.7 Å². The van der Waals surface area contributed by atoms with Crippen molar-refractivity contribution in [1.82, 2.24) is 4.31 Å². The summed E-state index contributed by atoms with van der Waals surface area (Å²) in [5, 5.41) is 0. The van der Waals surface area contributed by atoms with Crippen molar-refractivity contribution in [3.63, 3.8) is 0 Å². The van der Waals surface area contributed by atoms with Gasteiger partial charge in [0.25, 0.3) is 5.91 Å². The Morgan fingerprint density at radius 3 is 2.32 bits per heavy atom. The third-order valence-electron chi connectivity index (χ3n) is 6.47. The molecule has 6 nitrogen and oxygen atoms in total. The van der Waals surface area contributed by atoms with Crippen LogP contribution in [0.3, 0.4) is 0 Å². The SMILES string of the molecule is O=C(c1ccc(COc2ccccc2)cc1)N1CCCc2cc(S(=O)(=O)N3CCCC3)ccc21. The molecule has 3 aromatic rings. The van der Waals surface area contributed by atoms with E-state index in [9.17, 15) is 13.2 Å². The van der Waals surface area contributed by atoms with E-state index in [-0.39, 0.29) is 5.91 Å². The molecule has 7 heteroatoms. The Balaban J connectivity index is 1.31. The highest BCUT2D eigenvalue weighted by molar-refractivity contribution is 7.89. The molecule has 2 aliphatic heterocycles. The summed E-state index contributed by atoms with van der Waals surface area (Å²) in [4.78, 5) is 15.4. The molecule has 0 saturated carbocycles. The monoisotopic (exact) mass is 476 g/mol. The summed E-state index contributed by atoms with van der Waals surface area (Å²) in [5.74, 6) is 0.727. The maximum Gasteiger partial charge on any atom is 0.258 e. The quantitative estimate of drug-likeness (QED) is 0.520. The minimum atomic E-state index is -3.47. The van der Waals surface area contributed by atoms with Crippen LogP contribution in [0.2, 0.25) is 0 Å². The molecule has 2 aliphatic rings. The van der Waals surface area contributed by atoms with E-state index in [0.717, 1.165) is 48.2 Å². The van der Waals surface area contributed by atoms with Gasteiger partial charge in [0.15, 0.2) is 0 Å². The molecule has 176 valence electrons. The lowest BCUT2D eigenvalue weighted by atomic mass is 10.0. The molecule has 0 unspecified atom stereocenters. The first kappa shape index (κ1) is 22.6. The molecule has 1 fully saturated rings. The van der Waals surface area contributed by atoms with Gasteiger partial charge in [-0.15, -0.1) is 0 Å². The van der Waals surface area contributed by atoms with Gasteiger partial charge in [0.1, 0.15) is 12.4 Å². The number of benzene rings is 3. The van der Waals surface area contributed by atoms with Crippen LogP contribution in [0.4, 0.5) is 5.69 Å². The Bertz CT molecular complexity index is 1270. The zero-order valence-corrected chi connectivity index (χ0v) is 19.8. The average molecular weight is 477 g/mol. The Morgan fingerprint density at radius 2 is 1.59 bits per heavy atom. The van der Waals surface area contributed by atoms with Crippen LogP contribution in [0.5, 0.6) is 5.75 Å². The Hall–Kier alpha value is -3.16. The minimum absolute atomic E-state index is 0.0772. The summed E-state index contributed by atoms with van der Waals surface area (Å²) >= 11 is 0. The van der Waals surface area contributed by atoms with Gasteiger partial charge in [0.05, 0.1) is 4.90 Å². The normalized spacial score (nSPS) is 16.3. The second-order valence-electron chi connectivity index (χ2n) is 8.76. The fraction of sp³-hybridized carbons (Fsp3) is 0.296. The Morgan fingerprint density at radius 1 is 0.853 bits per heavy atom.